The second-order valence-electron chi connectivity index (χ2n) is 9.19. The normalized spacial score (nSPS) is 15.9. The molecule has 0 amide bonds. The fourth-order valence-corrected chi connectivity index (χ4v) is 4.69. The smallest absolute Gasteiger partial charge is 0.416 e. The van der Waals surface area contributed by atoms with Gasteiger partial charge in [0.2, 0.25) is 0 Å². The number of nitrogens with one attached hydrogen (secondary N) is 1. The number of methoxy groups -OCH3 is 1. The van der Waals surface area contributed by atoms with E-state index in [2.05, 4.69) is 15.1 Å². The van der Waals surface area contributed by atoms with Gasteiger partial charge in [0, 0.05) is 51.0 Å². The van der Waals surface area contributed by atoms with Crippen molar-refractivity contribution in [2.24, 2.45) is 0 Å². The highest BCUT2D eigenvalue weighted by molar-refractivity contribution is 5.49. The Morgan fingerprint density at radius 1 is 0.789 bits per heavy atom. The third-order valence-corrected chi connectivity index (χ3v) is 6.69. The number of alkyl halides is 6. The molecule has 1 aliphatic heterocycles. The van der Waals surface area contributed by atoms with Crippen molar-refractivity contribution in [1.82, 2.24) is 10.2 Å². The van der Waals surface area contributed by atoms with Crippen LogP contribution in [0.5, 0.6) is 5.75 Å². The maximum atomic E-state index is 13.2. The van der Waals surface area contributed by atoms with Crippen LogP contribution < -0.4 is 15.0 Å². The number of halogens is 6. The summed E-state index contributed by atoms with van der Waals surface area (Å²) >= 11 is 0. The number of nitrogens with zero attached hydrogens (tertiary/aromatic N) is 2. The molecular formula is C28H29F6N3O. The third-order valence-electron chi connectivity index (χ3n) is 6.69. The largest absolute Gasteiger partial charge is 0.497 e. The van der Waals surface area contributed by atoms with Crippen LogP contribution in [0.3, 0.4) is 0 Å². The van der Waals surface area contributed by atoms with E-state index in [9.17, 15) is 26.3 Å². The number of rotatable bonds is 8. The van der Waals surface area contributed by atoms with E-state index in [4.69, 9.17) is 4.74 Å². The first kappa shape index (κ1) is 27.8. The molecule has 4 nitrogen and oxygen atoms in total. The molecule has 1 atom stereocenters. The number of ether oxygens (including phenoxy) is 1. The van der Waals surface area contributed by atoms with Crippen LogP contribution in [-0.2, 0) is 18.9 Å². The van der Waals surface area contributed by atoms with Gasteiger partial charge < -0.3 is 15.0 Å². The second kappa shape index (κ2) is 11.7. The van der Waals surface area contributed by atoms with E-state index < -0.39 is 23.5 Å². The van der Waals surface area contributed by atoms with Crippen molar-refractivity contribution in [3.8, 4) is 5.75 Å². The van der Waals surface area contributed by atoms with Gasteiger partial charge in [0.1, 0.15) is 5.75 Å². The Hall–Kier alpha value is -3.24. The number of hydrogen-bond donors (Lipinski definition) is 1. The van der Waals surface area contributed by atoms with Crippen molar-refractivity contribution >= 4 is 5.69 Å². The molecule has 0 bridgehead atoms. The van der Waals surface area contributed by atoms with Gasteiger partial charge in [-0.15, -0.1) is 0 Å². The monoisotopic (exact) mass is 537 g/mol. The van der Waals surface area contributed by atoms with Crippen molar-refractivity contribution in [3.05, 3.63) is 95.1 Å². The molecule has 0 aliphatic carbocycles. The van der Waals surface area contributed by atoms with Crippen LogP contribution in [0.2, 0.25) is 0 Å². The molecule has 3 aromatic rings. The minimum Gasteiger partial charge on any atom is -0.497 e. The SMILES string of the molecule is COc1ccc(N2CCN(C(CNCc3cc(C(F)(F)F)cc(C(F)(F)F)c3)c3ccccc3)CC2)cc1. The summed E-state index contributed by atoms with van der Waals surface area (Å²) in [6, 6.07) is 19.1. The number of hydrogen-bond acceptors (Lipinski definition) is 4. The minimum atomic E-state index is -4.87. The lowest BCUT2D eigenvalue weighted by Crippen LogP contribution is -2.49. The summed E-state index contributed by atoms with van der Waals surface area (Å²) in [5.41, 5.74) is -0.567. The van der Waals surface area contributed by atoms with E-state index in [1.54, 1.807) is 7.11 Å². The molecule has 3 aromatic carbocycles. The number of piperazine rings is 1. The molecule has 0 radical (unpaired) electrons. The molecule has 1 saturated heterocycles. The first-order valence-corrected chi connectivity index (χ1v) is 12.2. The van der Waals surface area contributed by atoms with Gasteiger partial charge in [-0.1, -0.05) is 30.3 Å². The van der Waals surface area contributed by atoms with Gasteiger partial charge in [0.25, 0.3) is 0 Å². The zero-order chi connectivity index (χ0) is 27.3. The van der Waals surface area contributed by atoms with Crippen molar-refractivity contribution < 1.29 is 31.1 Å². The molecule has 0 saturated carbocycles. The Labute approximate surface area is 217 Å². The summed E-state index contributed by atoms with van der Waals surface area (Å²) in [7, 11) is 1.62. The summed E-state index contributed by atoms with van der Waals surface area (Å²) in [6.45, 7) is 3.28. The zero-order valence-corrected chi connectivity index (χ0v) is 20.8. The molecular weight excluding hydrogens is 508 g/mol. The molecule has 4 rings (SSSR count). The predicted molar refractivity (Wildman–Crippen MR) is 134 cm³/mol. The first-order valence-electron chi connectivity index (χ1n) is 12.2. The van der Waals surface area contributed by atoms with E-state index in [1.165, 1.54) is 0 Å². The Morgan fingerprint density at radius 3 is 1.89 bits per heavy atom. The van der Waals surface area contributed by atoms with E-state index in [0.717, 1.165) is 55.3 Å². The fourth-order valence-electron chi connectivity index (χ4n) is 4.69. The third kappa shape index (κ3) is 6.99. The summed E-state index contributed by atoms with van der Waals surface area (Å²) in [4.78, 5) is 4.56. The van der Waals surface area contributed by atoms with Crippen LogP contribution in [0, 0.1) is 0 Å². The summed E-state index contributed by atoms with van der Waals surface area (Å²) < 4.78 is 84.7. The Balaban J connectivity index is 1.45. The van der Waals surface area contributed by atoms with Crippen LogP contribution >= 0.6 is 0 Å². The molecule has 1 unspecified atom stereocenters. The molecule has 1 N–H and O–H groups in total. The average molecular weight is 538 g/mol. The highest BCUT2D eigenvalue weighted by atomic mass is 19.4. The molecule has 204 valence electrons. The average Bonchev–Trinajstić information content (AvgIpc) is 2.91. The predicted octanol–water partition coefficient (Wildman–Crippen LogP) is 6.39. The van der Waals surface area contributed by atoms with E-state index >= 15 is 0 Å². The summed E-state index contributed by atoms with van der Waals surface area (Å²) in [5.74, 6) is 0.783. The molecule has 0 spiro atoms. The maximum Gasteiger partial charge on any atom is 0.416 e. The van der Waals surface area contributed by atoms with Gasteiger partial charge in [-0.25, -0.2) is 0 Å². The lowest BCUT2D eigenvalue weighted by Gasteiger charge is -2.40. The Morgan fingerprint density at radius 2 is 1.37 bits per heavy atom. The van der Waals surface area contributed by atoms with Crippen molar-refractivity contribution in [1.29, 1.82) is 0 Å². The van der Waals surface area contributed by atoms with Crippen LogP contribution in [-0.4, -0.2) is 44.7 Å². The lowest BCUT2D eigenvalue weighted by molar-refractivity contribution is -0.143. The van der Waals surface area contributed by atoms with E-state index in [-0.39, 0.29) is 24.2 Å². The van der Waals surface area contributed by atoms with Crippen molar-refractivity contribution in [3.63, 3.8) is 0 Å². The van der Waals surface area contributed by atoms with Crippen LogP contribution in [0.4, 0.5) is 32.0 Å². The first-order chi connectivity index (χ1) is 18.0. The van der Waals surface area contributed by atoms with Gasteiger partial charge in [-0.05, 0) is 53.6 Å². The standard InChI is InChI=1S/C28H29F6N3O/c1-38-25-9-7-24(8-10-25)36-11-13-37(14-12-36)26(21-5-3-2-4-6-21)19-35-18-20-15-22(27(29,30)31)17-23(16-20)28(32,33)34/h2-10,15-17,26,35H,11-14,18-19H2,1H3. The molecule has 0 aromatic heterocycles. The highest BCUT2D eigenvalue weighted by Crippen LogP contribution is 2.36. The molecule has 1 fully saturated rings. The Kier molecular flexibility index (Phi) is 8.52. The highest BCUT2D eigenvalue weighted by Gasteiger charge is 2.37. The molecule has 1 heterocycles. The van der Waals surface area contributed by atoms with Crippen molar-refractivity contribution in [2.45, 2.75) is 24.9 Å². The quantitative estimate of drug-likeness (QED) is 0.337. The number of benzene rings is 3. The zero-order valence-electron chi connectivity index (χ0n) is 20.8. The van der Waals surface area contributed by atoms with Gasteiger partial charge in [0.15, 0.2) is 0 Å². The van der Waals surface area contributed by atoms with E-state index in [1.807, 2.05) is 54.6 Å². The fraction of sp³-hybridized carbons (Fsp3) is 0.357. The number of anilines is 1. The van der Waals surface area contributed by atoms with Crippen LogP contribution in [0.1, 0.15) is 28.3 Å². The summed E-state index contributed by atoms with van der Waals surface area (Å²) in [6.07, 6.45) is -9.74. The van der Waals surface area contributed by atoms with Gasteiger partial charge >= 0.3 is 12.4 Å². The molecule has 38 heavy (non-hydrogen) atoms. The van der Waals surface area contributed by atoms with Gasteiger partial charge in [0.05, 0.1) is 18.2 Å². The van der Waals surface area contributed by atoms with Crippen LogP contribution in [0.15, 0.2) is 72.8 Å². The Bertz CT molecular complexity index is 1140. The topological polar surface area (TPSA) is 27.7 Å². The minimum absolute atomic E-state index is 0.0664. The summed E-state index contributed by atoms with van der Waals surface area (Å²) in [5, 5.41) is 3.11. The molecule has 10 heteroatoms. The van der Waals surface area contributed by atoms with E-state index in [0.29, 0.717) is 6.54 Å². The molecule has 1 aliphatic rings. The van der Waals surface area contributed by atoms with Gasteiger partial charge in [-0.3, -0.25) is 4.90 Å². The lowest BCUT2D eigenvalue weighted by atomic mass is 10.0. The maximum absolute atomic E-state index is 13.2. The van der Waals surface area contributed by atoms with Crippen molar-refractivity contribution in [2.75, 3.05) is 44.7 Å². The second-order valence-corrected chi connectivity index (χ2v) is 9.19. The van der Waals surface area contributed by atoms with Crippen LogP contribution in [0.25, 0.3) is 0 Å². The van der Waals surface area contributed by atoms with Gasteiger partial charge in [-0.2, -0.15) is 26.3 Å².